The van der Waals surface area contributed by atoms with Crippen LogP contribution in [0.5, 0.6) is 17.2 Å². The Hall–Kier alpha value is -3.08. The number of aromatic hydroxyl groups is 2. The first kappa shape index (κ1) is 29.0. The van der Waals surface area contributed by atoms with Gasteiger partial charge in [-0.3, -0.25) is 29.0 Å². The predicted molar refractivity (Wildman–Crippen MR) is 156 cm³/mol. The molecule has 2 heterocycles. The number of ether oxygens (including phenoxy) is 1. The van der Waals surface area contributed by atoms with Gasteiger partial charge in [0.25, 0.3) is 11.8 Å². The number of fused-ring (bicyclic) bond motifs is 4. The maximum absolute atomic E-state index is 14.0. The molecule has 2 aromatic rings. The van der Waals surface area contributed by atoms with Gasteiger partial charge in [-0.2, -0.15) is 0 Å². The summed E-state index contributed by atoms with van der Waals surface area (Å²) in [5.74, 6) is -5.39. The van der Waals surface area contributed by atoms with E-state index in [2.05, 4.69) is 15.9 Å². The van der Waals surface area contributed by atoms with E-state index in [0.29, 0.717) is 16.5 Å². The lowest BCUT2D eigenvalue weighted by atomic mass is 9.56. The summed E-state index contributed by atoms with van der Waals surface area (Å²) < 4.78 is 5.89. The van der Waals surface area contributed by atoms with Gasteiger partial charge in [-0.05, 0) is 55.0 Å². The Labute approximate surface area is 260 Å². The van der Waals surface area contributed by atoms with Crippen molar-refractivity contribution in [1.29, 1.82) is 0 Å². The standard InChI is InChI=1S/C30H27BrCl2N2O7/c1-34-27(40)29(32)13-20-17(23(30(29,33)28(34)41)19-11-15(31)12-21(42-2)24(19)37)7-8-18-22(20)26(39)35(25(18)38)10-9-14-3-5-16(36)6-4-14/h3-7,11-12,18,20,22-23,36-37H,8-10,13H2,1-2H3. The molecule has 6 unspecified atom stereocenters. The van der Waals surface area contributed by atoms with Crippen molar-refractivity contribution in [1.82, 2.24) is 9.80 Å². The lowest BCUT2D eigenvalue weighted by molar-refractivity contribution is -0.141. The van der Waals surface area contributed by atoms with Crippen LogP contribution >= 0.6 is 39.1 Å². The third-order valence-corrected chi connectivity index (χ3v) is 11.1. The molecule has 4 aliphatic rings. The molecule has 12 heteroatoms. The van der Waals surface area contributed by atoms with Crippen LogP contribution in [0.3, 0.4) is 0 Å². The number of halogens is 3. The van der Waals surface area contributed by atoms with Gasteiger partial charge in [0.15, 0.2) is 21.2 Å². The number of methoxy groups -OCH3 is 1. The Morgan fingerprint density at radius 1 is 1.02 bits per heavy atom. The molecular formula is C30H27BrCl2N2O7. The van der Waals surface area contributed by atoms with Gasteiger partial charge in [0.2, 0.25) is 11.8 Å². The van der Waals surface area contributed by atoms with E-state index in [0.717, 1.165) is 10.5 Å². The number of likely N-dealkylation sites (tertiary alicyclic amines) is 2. The minimum absolute atomic E-state index is 0.119. The number of carbonyl (C=O) groups is 4. The minimum Gasteiger partial charge on any atom is -0.508 e. The molecule has 0 bridgehead atoms. The largest absolute Gasteiger partial charge is 0.508 e. The van der Waals surface area contributed by atoms with Crippen LogP contribution < -0.4 is 4.74 Å². The van der Waals surface area contributed by atoms with E-state index in [9.17, 15) is 29.4 Å². The van der Waals surface area contributed by atoms with Crippen LogP contribution in [0.1, 0.15) is 29.9 Å². The first-order valence-electron chi connectivity index (χ1n) is 13.4. The highest BCUT2D eigenvalue weighted by atomic mass is 79.9. The molecule has 220 valence electrons. The maximum atomic E-state index is 14.0. The summed E-state index contributed by atoms with van der Waals surface area (Å²) in [7, 11) is 2.70. The second kappa shape index (κ2) is 9.99. The third kappa shape index (κ3) is 3.87. The molecule has 6 atom stereocenters. The average Bonchev–Trinajstić information content (AvgIpc) is 3.28. The first-order chi connectivity index (χ1) is 19.8. The van der Waals surface area contributed by atoms with Gasteiger partial charge in [0, 0.05) is 29.5 Å². The quantitative estimate of drug-likeness (QED) is 0.278. The highest BCUT2D eigenvalue weighted by molar-refractivity contribution is 9.10. The van der Waals surface area contributed by atoms with Crippen LogP contribution in [0.15, 0.2) is 52.5 Å². The van der Waals surface area contributed by atoms with Crippen LogP contribution in [0, 0.1) is 17.8 Å². The lowest BCUT2D eigenvalue weighted by Crippen LogP contribution is -2.60. The van der Waals surface area contributed by atoms with Crippen molar-refractivity contribution in [3.63, 3.8) is 0 Å². The molecule has 2 saturated heterocycles. The molecule has 4 amide bonds. The summed E-state index contributed by atoms with van der Waals surface area (Å²) >= 11 is 17.8. The van der Waals surface area contributed by atoms with Crippen molar-refractivity contribution in [2.24, 2.45) is 17.8 Å². The summed E-state index contributed by atoms with van der Waals surface area (Å²) in [5, 5.41) is 20.9. The molecule has 2 aromatic carbocycles. The Morgan fingerprint density at radius 3 is 2.38 bits per heavy atom. The van der Waals surface area contributed by atoms with Gasteiger partial charge < -0.3 is 14.9 Å². The number of imide groups is 2. The zero-order chi connectivity index (χ0) is 30.3. The Balaban J connectivity index is 1.44. The van der Waals surface area contributed by atoms with Crippen molar-refractivity contribution in [3.05, 3.63) is 63.6 Å². The van der Waals surface area contributed by atoms with Gasteiger partial charge in [-0.25, -0.2) is 0 Å². The number of rotatable bonds is 5. The fourth-order valence-electron chi connectivity index (χ4n) is 7.25. The molecule has 0 spiro atoms. The maximum Gasteiger partial charge on any atom is 0.253 e. The van der Waals surface area contributed by atoms with Crippen LogP contribution in [0.25, 0.3) is 0 Å². The lowest BCUT2D eigenvalue weighted by Gasteiger charge is -2.50. The number of allylic oxidation sites excluding steroid dienone is 2. The second-order valence-electron chi connectivity index (χ2n) is 11.3. The Kier molecular flexibility index (Phi) is 6.90. The normalized spacial score (nSPS) is 32.1. The van der Waals surface area contributed by atoms with Crippen molar-refractivity contribution < 1.29 is 34.1 Å². The van der Waals surface area contributed by atoms with Crippen molar-refractivity contribution >= 4 is 62.8 Å². The molecule has 6 rings (SSSR count). The van der Waals surface area contributed by atoms with Gasteiger partial charge >= 0.3 is 0 Å². The van der Waals surface area contributed by atoms with E-state index < -0.39 is 45.2 Å². The predicted octanol–water partition coefficient (Wildman–Crippen LogP) is 4.10. The monoisotopic (exact) mass is 676 g/mol. The molecule has 2 aliphatic carbocycles. The van der Waals surface area contributed by atoms with E-state index in [4.69, 9.17) is 27.9 Å². The number of carbonyl (C=O) groups excluding carboxylic acids is 4. The smallest absolute Gasteiger partial charge is 0.253 e. The summed E-state index contributed by atoms with van der Waals surface area (Å²) in [6.07, 6.45) is 2.31. The highest BCUT2D eigenvalue weighted by Crippen LogP contribution is 2.66. The summed E-state index contributed by atoms with van der Waals surface area (Å²) in [5.41, 5.74) is 1.65. The minimum atomic E-state index is -2.01. The molecule has 3 fully saturated rings. The Bertz CT molecular complexity index is 1580. The summed E-state index contributed by atoms with van der Waals surface area (Å²) in [4.78, 5) is 53.0. The van der Waals surface area contributed by atoms with E-state index >= 15 is 0 Å². The number of benzene rings is 2. The van der Waals surface area contributed by atoms with Crippen LogP contribution in [-0.2, 0) is 25.6 Å². The average molecular weight is 678 g/mol. The van der Waals surface area contributed by atoms with Gasteiger partial charge in [0.1, 0.15) is 5.75 Å². The van der Waals surface area contributed by atoms with Crippen LogP contribution in [0.4, 0.5) is 0 Å². The van der Waals surface area contributed by atoms with Crippen molar-refractivity contribution in [2.75, 3.05) is 20.7 Å². The fraction of sp³-hybridized carbons (Fsp3) is 0.400. The SMILES string of the molecule is COc1cc(Br)cc(C2C3=CCC4C(=O)N(CCc5ccc(O)cc5)C(=O)C4C3CC3(Cl)C(=O)N(C)C(=O)C23Cl)c1O. The van der Waals surface area contributed by atoms with Crippen molar-refractivity contribution in [3.8, 4) is 17.2 Å². The molecule has 1 saturated carbocycles. The molecule has 2 N–H and O–H groups in total. The van der Waals surface area contributed by atoms with E-state index in [1.54, 1.807) is 36.4 Å². The van der Waals surface area contributed by atoms with E-state index in [1.807, 2.05) is 6.08 Å². The van der Waals surface area contributed by atoms with Gasteiger partial charge in [0.05, 0.1) is 18.9 Å². The number of amides is 4. The zero-order valence-electron chi connectivity index (χ0n) is 22.6. The molecule has 0 aromatic heterocycles. The van der Waals surface area contributed by atoms with Crippen molar-refractivity contribution in [2.45, 2.75) is 34.9 Å². The molecule has 2 aliphatic heterocycles. The third-order valence-electron chi connectivity index (χ3n) is 9.27. The van der Waals surface area contributed by atoms with E-state index in [1.165, 1.54) is 19.1 Å². The number of hydrogen-bond donors (Lipinski definition) is 2. The fourth-order valence-corrected chi connectivity index (χ4v) is 8.71. The number of alkyl halides is 2. The van der Waals surface area contributed by atoms with Gasteiger partial charge in [-0.1, -0.05) is 39.7 Å². The van der Waals surface area contributed by atoms with E-state index in [-0.39, 0.29) is 54.0 Å². The summed E-state index contributed by atoms with van der Waals surface area (Å²) in [6, 6.07) is 9.70. The van der Waals surface area contributed by atoms with Crippen LogP contribution in [-0.4, -0.2) is 74.1 Å². The number of nitrogens with zero attached hydrogens (tertiary/aromatic N) is 2. The van der Waals surface area contributed by atoms with Crippen LogP contribution in [0.2, 0.25) is 0 Å². The number of hydrogen-bond acceptors (Lipinski definition) is 7. The molecule has 9 nitrogen and oxygen atoms in total. The molecular weight excluding hydrogens is 651 g/mol. The Morgan fingerprint density at radius 2 is 1.71 bits per heavy atom. The molecule has 42 heavy (non-hydrogen) atoms. The summed E-state index contributed by atoms with van der Waals surface area (Å²) in [6.45, 7) is 0.149. The number of phenols is 2. The highest BCUT2D eigenvalue weighted by Gasteiger charge is 2.76. The first-order valence-corrected chi connectivity index (χ1v) is 15.0. The van der Waals surface area contributed by atoms with Gasteiger partial charge in [-0.15, -0.1) is 23.2 Å². The second-order valence-corrected chi connectivity index (χ2v) is 13.4. The topological polar surface area (TPSA) is 124 Å². The molecule has 0 radical (unpaired) electrons. The zero-order valence-corrected chi connectivity index (χ0v) is 25.7. The number of phenolic OH excluding ortho intramolecular Hbond substituents is 2.